The van der Waals surface area contributed by atoms with Gasteiger partial charge in [0.15, 0.2) is 0 Å². The van der Waals surface area contributed by atoms with E-state index >= 15 is 0 Å². The van der Waals surface area contributed by atoms with Crippen LogP contribution in [0.15, 0.2) is 40.8 Å². The van der Waals surface area contributed by atoms with Crippen molar-refractivity contribution >= 4 is 11.9 Å². The van der Waals surface area contributed by atoms with E-state index in [4.69, 9.17) is 9.52 Å². The van der Waals surface area contributed by atoms with Gasteiger partial charge in [-0.3, -0.25) is 4.79 Å². The summed E-state index contributed by atoms with van der Waals surface area (Å²) in [6, 6.07) is 11.3. The van der Waals surface area contributed by atoms with Crippen LogP contribution in [0.4, 0.5) is 0 Å². The number of aryl methyl sites for hydroxylation is 2. The maximum Gasteiger partial charge on any atom is 0.339 e. The van der Waals surface area contributed by atoms with E-state index in [1.807, 2.05) is 30.3 Å². The van der Waals surface area contributed by atoms with Crippen LogP contribution in [0.2, 0.25) is 0 Å². The molecule has 1 heterocycles. The topological polar surface area (TPSA) is 70.8 Å². The van der Waals surface area contributed by atoms with E-state index in [-0.39, 0.29) is 18.0 Å². The Bertz CT molecular complexity index is 661. The van der Waals surface area contributed by atoms with E-state index in [1.165, 1.54) is 6.07 Å². The zero-order valence-electron chi connectivity index (χ0n) is 12.7. The molecule has 1 amide bonds. The minimum Gasteiger partial charge on any atom is -0.478 e. The van der Waals surface area contributed by atoms with Gasteiger partial charge in [0.2, 0.25) is 5.91 Å². The molecule has 1 aromatic carbocycles. The fourth-order valence-corrected chi connectivity index (χ4v) is 2.24. The molecule has 22 heavy (non-hydrogen) atoms. The second-order valence-electron chi connectivity index (χ2n) is 5.22. The van der Waals surface area contributed by atoms with Crippen molar-refractivity contribution in [2.75, 3.05) is 7.05 Å². The Morgan fingerprint density at radius 3 is 2.50 bits per heavy atom. The zero-order chi connectivity index (χ0) is 16.1. The number of carboxylic acid groups (broad SMARTS) is 1. The van der Waals surface area contributed by atoms with Crippen LogP contribution < -0.4 is 0 Å². The first-order valence-corrected chi connectivity index (χ1v) is 7.08. The largest absolute Gasteiger partial charge is 0.478 e. The Morgan fingerprint density at radius 1 is 1.23 bits per heavy atom. The fourth-order valence-electron chi connectivity index (χ4n) is 2.24. The molecular weight excluding hydrogens is 282 g/mol. The lowest BCUT2D eigenvalue weighted by Crippen LogP contribution is -2.26. The molecule has 2 rings (SSSR count). The number of carboxylic acids is 1. The molecule has 0 bridgehead atoms. The van der Waals surface area contributed by atoms with Gasteiger partial charge in [-0.1, -0.05) is 30.3 Å². The Morgan fingerprint density at radius 2 is 1.91 bits per heavy atom. The molecule has 0 saturated heterocycles. The van der Waals surface area contributed by atoms with Crippen molar-refractivity contribution in [1.82, 2.24) is 4.90 Å². The number of carbonyl (C=O) groups is 2. The molecular formula is C17H19NO4. The molecule has 5 heteroatoms. The van der Waals surface area contributed by atoms with Crippen LogP contribution in [0.3, 0.4) is 0 Å². The van der Waals surface area contributed by atoms with E-state index in [1.54, 1.807) is 18.9 Å². The highest BCUT2D eigenvalue weighted by atomic mass is 16.4. The van der Waals surface area contributed by atoms with Crippen LogP contribution in [0, 0.1) is 6.92 Å². The third kappa shape index (κ3) is 3.97. The molecule has 0 aliphatic heterocycles. The van der Waals surface area contributed by atoms with E-state index in [0.29, 0.717) is 24.4 Å². The first-order valence-electron chi connectivity index (χ1n) is 7.08. The Kier molecular flexibility index (Phi) is 4.99. The smallest absolute Gasteiger partial charge is 0.339 e. The number of carbonyl (C=O) groups excluding carboxylic acids is 1. The molecule has 1 aromatic heterocycles. The molecule has 0 aliphatic rings. The summed E-state index contributed by atoms with van der Waals surface area (Å²) in [5.41, 5.74) is 1.26. The summed E-state index contributed by atoms with van der Waals surface area (Å²) in [5, 5.41) is 8.99. The van der Waals surface area contributed by atoms with Crippen molar-refractivity contribution in [2.45, 2.75) is 26.3 Å². The van der Waals surface area contributed by atoms with Gasteiger partial charge >= 0.3 is 5.97 Å². The highest BCUT2D eigenvalue weighted by Crippen LogP contribution is 2.16. The molecule has 0 atom stereocenters. The molecule has 0 aliphatic carbocycles. The zero-order valence-corrected chi connectivity index (χ0v) is 12.7. The number of rotatable bonds is 6. The normalized spacial score (nSPS) is 10.5. The maximum atomic E-state index is 12.1. The summed E-state index contributed by atoms with van der Waals surface area (Å²) >= 11 is 0. The highest BCUT2D eigenvalue weighted by Gasteiger charge is 2.16. The van der Waals surface area contributed by atoms with Crippen molar-refractivity contribution in [3.63, 3.8) is 0 Å². The van der Waals surface area contributed by atoms with Crippen molar-refractivity contribution in [3.05, 3.63) is 59.0 Å². The first-order chi connectivity index (χ1) is 10.5. The van der Waals surface area contributed by atoms with Gasteiger partial charge in [-0.2, -0.15) is 0 Å². The SMILES string of the molecule is Cc1oc(CN(C)C(=O)CCc2ccccc2)cc1C(=O)O. The first kappa shape index (κ1) is 15.8. The number of furan rings is 1. The summed E-state index contributed by atoms with van der Waals surface area (Å²) in [4.78, 5) is 24.6. The van der Waals surface area contributed by atoms with Gasteiger partial charge in [-0.15, -0.1) is 0 Å². The van der Waals surface area contributed by atoms with Crippen molar-refractivity contribution in [2.24, 2.45) is 0 Å². The van der Waals surface area contributed by atoms with Gasteiger partial charge in [-0.25, -0.2) is 4.79 Å². The van der Waals surface area contributed by atoms with Gasteiger partial charge < -0.3 is 14.4 Å². The monoisotopic (exact) mass is 301 g/mol. The number of hydrogen-bond acceptors (Lipinski definition) is 3. The third-order valence-electron chi connectivity index (χ3n) is 3.49. The summed E-state index contributed by atoms with van der Waals surface area (Å²) < 4.78 is 5.38. The lowest BCUT2D eigenvalue weighted by molar-refractivity contribution is -0.130. The van der Waals surface area contributed by atoms with Crippen molar-refractivity contribution in [3.8, 4) is 0 Å². The van der Waals surface area contributed by atoms with Crippen LogP contribution in [0.25, 0.3) is 0 Å². The third-order valence-corrected chi connectivity index (χ3v) is 3.49. The molecule has 0 unspecified atom stereocenters. The lowest BCUT2D eigenvalue weighted by atomic mass is 10.1. The summed E-state index contributed by atoms with van der Waals surface area (Å²) in [6.45, 7) is 1.87. The van der Waals surface area contributed by atoms with Gasteiger partial charge in [-0.05, 0) is 25.0 Å². The molecule has 116 valence electrons. The number of aromatic carboxylic acids is 1. The Labute approximate surface area is 129 Å². The molecule has 1 N–H and O–H groups in total. The van der Waals surface area contributed by atoms with Gasteiger partial charge in [0.05, 0.1) is 6.54 Å². The predicted octanol–water partition coefficient (Wildman–Crippen LogP) is 2.88. The Hall–Kier alpha value is -2.56. The predicted molar refractivity (Wildman–Crippen MR) is 81.6 cm³/mol. The van der Waals surface area contributed by atoms with Crippen molar-refractivity contribution < 1.29 is 19.1 Å². The number of benzene rings is 1. The average molecular weight is 301 g/mol. The summed E-state index contributed by atoms with van der Waals surface area (Å²) in [5.74, 6) is -0.196. The van der Waals surface area contributed by atoms with Gasteiger partial charge in [0.25, 0.3) is 0 Å². The van der Waals surface area contributed by atoms with Crippen LogP contribution in [0.1, 0.15) is 33.9 Å². The summed E-state index contributed by atoms with van der Waals surface area (Å²) in [6.07, 6.45) is 1.09. The lowest BCUT2D eigenvalue weighted by Gasteiger charge is -2.15. The fraction of sp³-hybridized carbons (Fsp3) is 0.294. The van der Waals surface area contributed by atoms with Gasteiger partial charge in [0, 0.05) is 13.5 Å². The van der Waals surface area contributed by atoms with Gasteiger partial charge in [0.1, 0.15) is 17.1 Å². The molecule has 2 aromatic rings. The van der Waals surface area contributed by atoms with Crippen LogP contribution >= 0.6 is 0 Å². The Balaban J connectivity index is 1.91. The van der Waals surface area contributed by atoms with E-state index in [0.717, 1.165) is 5.56 Å². The summed E-state index contributed by atoms with van der Waals surface area (Å²) in [7, 11) is 1.69. The molecule has 0 fully saturated rings. The second kappa shape index (κ2) is 6.93. The average Bonchev–Trinajstić information content (AvgIpc) is 2.86. The minimum atomic E-state index is -1.02. The minimum absolute atomic E-state index is 0.00483. The standard InChI is InChI=1S/C17H19NO4/c1-12-15(17(20)21)10-14(22-12)11-18(2)16(19)9-8-13-6-4-3-5-7-13/h3-7,10H,8-9,11H2,1-2H3,(H,20,21). The number of hydrogen-bond donors (Lipinski definition) is 1. The van der Waals surface area contributed by atoms with Crippen LogP contribution in [0.5, 0.6) is 0 Å². The maximum absolute atomic E-state index is 12.1. The van der Waals surface area contributed by atoms with Crippen LogP contribution in [-0.4, -0.2) is 28.9 Å². The van der Waals surface area contributed by atoms with E-state index in [2.05, 4.69) is 0 Å². The number of amides is 1. The van der Waals surface area contributed by atoms with E-state index in [9.17, 15) is 9.59 Å². The highest BCUT2D eigenvalue weighted by molar-refractivity contribution is 5.88. The molecule has 0 spiro atoms. The number of nitrogens with zero attached hydrogens (tertiary/aromatic N) is 1. The second-order valence-corrected chi connectivity index (χ2v) is 5.22. The molecule has 5 nitrogen and oxygen atoms in total. The molecule has 0 saturated carbocycles. The quantitative estimate of drug-likeness (QED) is 0.890. The van der Waals surface area contributed by atoms with Crippen LogP contribution in [-0.2, 0) is 17.8 Å². The van der Waals surface area contributed by atoms with Crippen molar-refractivity contribution in [1.29, 1.82) is 0 Å². The molecule has 0 radical (unpaired) electrons. The van der Waals surface area contributed by atoms with E-state index < -0.39 is 5.97 Å².